The van der Waals surface area contributed by atoms with Crippen molar-refractivity contribution < 1.29 is 52.1 Å². The Kier molecular flexibility index (Phi) is 8.52. The summed E-state index contributed by atoms with van der Waals surface area (Å²) in [7, 11) is 0. The van der Waals surface area contributed by atoms with Gasteiger partial charge in [-0.25, -0.2) is 0 Å². The Bertz CT molecular complexity index is 2220. The normalized spacial score (nSPS) is 11.0. The summed E-state index contributed by atoms with van der Waals surface area (Å²) in [6, 6.07) is 24.7. The Balaban J connectivity index is 0.000000146. The van der Waals surface area contributed by atoms with E-state index in [1.165, 1.54) is 0 Å². The molecule has 0 aliphatic heterocycles. The maximum absolute atomic E-state index is 4.90. The van der Waals surface area contributed by atoms with Crippen LogP contribution in [0.5, 0.6) is 0 Å². The zero-order chi connectivity index (χ0) is 30.5. The van der Waals surface area contributed by atoms with Crippen molar-refractivity contribution in [2.45, 2.75) is 0 Å². The molecule has 0 saturated heterocycles. The largest absolute Gasteiger partial charge is 0.668 e. The van der Waals surface area contributed by atoms with E-state index in [9.17, 15) is 0 Å². The fourth-order valence-corrected chi connectivity index (χ4v) is 5.98. The third-order valence-corrected chi connectivity index (χ3v) is 8.02. The Morgan fingerprint density at radius 2 is 0.812 bits per heavy atom. The van der Waals surface area contributed by atoms with E-state index in [-0.39, 0.29) is 42.1 Å². The number of fused-ring (bicyclic) bond motifs is 6. The number of H-pyrrole nitrogens is 2. The van der Waals surface area contributed by atoms with E-state index in [0.717, 1.165) is 66.4 Å². The predicted octanol–water partition coefficient (Wildman–Crippen LogP) is 4.68. The summed E-state index contributed by atoms with van der Waals surface area (Å²) in [5, 5.41) is 4.50. The minimum absolute atomic E-state index is 0. The number of nitrogens with one attached hydrogen (secondary N) is 2. The average molecular weight is 985 g/mol. The number of nitrogens with zero attached hydrogens (tertiary/aromatic N) is 8. The van der Waals surface area contributed by atoms with Gasteiger partial charge in [0.05, 0.1) is 0 Å². The molecule has 0 radical (unpaired) electrons. The number of rotatable bonds is 4. The Morgan fingerprint density at radius 3 is 1.10 bits per heavy atom. The standard InChI is InChI=1S/2C18H11N5.2Pt/c2*1-3-13-14-4-2-6-16(23-10-8-20-12-23)18(14)21-17(13)15(5-1)22-9-7-19-11-22;;/h2*1-10,19H;;/q2*-2;;. The molecule has 0 unspecified atom stereocenters. The van der Waals surface area contributed by atoms with Gasteiger partial charge in [0.2, 0.25) is 12.7 Å². The molecule has 0 aliphatic carbocycles. The van der Waals surface area contributed by atoms with Gasteiger partial charge < -0.3 is 48.2 Å². The second kappa shape index (κ2) is 13.1. The van der Waals surface area contributed by atoms with Gasteiger partial charge in [-0.05, 0) is 32.9 Å². The summed E-state index contributed by atoms with van der Waals surface area (Å²) in [6.07, 6.45) is 26.7. The van der Waals surface area contributed by atoms with Gasteiger partial charge in [0.25, 0.3) is 0 Å². The second-order valence-corrected chi connectivity index (χ2v) is 10.6. The Morgan fingerprint density at radius 1 is 0.458 bits per heavy atom. The molecule has 0 bridgehead atoms. The monoisotopic (exact) mass is 984 g/mol. The predicted molar refractivity (Wildman–Crippen MR) is 171 cm³/mol. The average Bonchev–Trinajstić information content (AvgIpc) is 3.95. The van der Waals surface area contributed by atoms with Crippen LogP contribution in [-0.2, 0) is 42.1 Å². The van der Waals surface area contributed by atoms with Gasteiger partial charge in [-0.1, -0.05) is 97.6 Å². The van der Waals surface area contributed by atoms with E-state index in [0.29, 0.717) is 0 Å². The first-order valence-corrected chi connectivity index (χ1v) is 14.6. The van der Waals surface area contributed by atoms with Gasteiger partial charge in [0.1, 0.15) is 0 Å². The molecule has 0 aliphatic rings. The molecule has 10 nitrogen and oxygen atoms in total. The first kappa shape index (κ1) is 31.3. The molecule has 240 valence electrons. The van der Waals surface area contributed by atoms with Crippen LogP contribution in [0.3, 0.4) is 0 Å². The van der Waals surface area contributed by atoms with Crippen molar-refractivity contribution in [1.82, 2.24) is 38.2 Å². The minimum Gasteiger partial charge on any atom is -0.668 e. The van der Waals surface area contributed by atoms with Crippen LogP contribution >= 0.6 is 0 Å². The summed E-state index contributed by atoms with van der Waals surface area (Å²) < 4.78 is 7.56. The molecule has 0 spiro atoms. The van der Waals surface area contributed by atoms with Crippen LogP contribution in [0, 0.1) is 25.3 Å². The molecule has 10 rings (SSSR count). The summed E-state index contributed by atoms with van der Waals surface area (Å²) in [5.74, 6) is 0. The molecule has 10 aromatic rings. The topological polar surface area (TPSA) is 102 Å². The third-order valence-electron chi connectivity index (χ3n) is 8.02. The van der Waals surface area contributed by atoms with E-state index < -0.39 is 0 Å². The maximum Gasteiger partial charge on any atom is 0.241 e. The van der Waals surface area contributed by atoms with E-state index in [4.69, 9.17) is 9.97 Å². The number of hydrogen-bond acceptors (Lipinski definition) is 2. The zero-order valence-electron chi connectivity index (χ0n) is 24.8. The molecule has 12 heteroatoms. The molecule has 0 atom stereocenters. The molecule has 48 heavy (non-hydrogen) atoms. The van der Waals surface area contributed by atoms with Gasteiger partial charge >= 0.3 is 0 Å². The summed E-state index contributed by atoms with van der Waals surface area (Å²) in [6.45, 7) is 0. The maximum atomic E-state index is 4.90. The van der Waals surface area contributed by atoms with E-state index in [2.05, 4.69) is 69.5 Å². The second-order valence-electron chi connectivity index (χ2n) is 10.6. The summed E-state index contributed by atoms with van der Waals surface area (Å²) in [5.41, 5.74) is 7.75. The molecule has 0 amide bonds. The van der Waals surface area contributed by atoms with Crippen LogP contribution < -0.4 is 19.9 Å². The van der Waals surface area contributed by atoms with E-state index in [1.807, 2.05) is 104 Å². The van der Waals surface area contributed by atoms with Crippen LogP contribution in [0.1, 0.15) is 0 Å². The number of hydrogen-bond donors (Lipinski definition) is 0. The van der Waals surface area contributed by atoms with Crippen molar-refractivity contribution in [2.24, 2.45) is 0 Å². The summed E-state index contributed by atoms with van der Waals surface area (Å²) >= 11 is 0. The van der Waals surface area contributed by atoms with Crippen molar-refractivity contribution in [3.05, 3.63) is 148 Å². The van der Waals surface area contributed by atoms with Crippen LogP contribution in [-0.4, -0.2) is 28.2 Å². The molecule has 6 heterocycles. The SMILES string of the molecule is [Pt].[Pt].[c-]1nccn1-c1cccc2c1[n-]c1c(-n3[c-][nH+]cc3)cccc12.[c-]1nccn1-c1cccc2c1[n-]c1c(-n3[c-][nH+]cc3)cccc12. The Labute approximate surface area is 302 Å². The molecular formula is C36H22N10Pt2-4. The van der Waals surface area contributed by atoms with Crippen molar-refractivity contribution in [3.63, 3.8) is 0 Å². The number of aromatic amines is 2. The molecule has 0 saturated carbocycles. The zero-order valence-corrected chi connectivity index (χ0v) is 29.3. The first-order valence-electron chi connectivity index (χ1n) is 14.6. The van der Waals surface area contributed by atoms with Crippen LogP contribution in [0.15, 0.2) is 122 Å². The third kappa shape index (κ3) is 5.23. The van der Waals surface area contributed by atoms with Gasteiger partial charge in [0.15, 0.2) is 0 Å². The number of imidazole rings is 4. The van der Waals surface area contributed by atoms with Crippen molar-refractivity contribution >= 4 is 43.6 Å². The van der Waals surface area contributed by atoms with Crippen LogP contribution in [0.2, 0.25) is 0 Å². The molecule has 4 aromatic carbocycles. The number of para-hydroxylation sites is 4. The van der Waals surface area contributed by atoms with Crippen LogP contribution in [0.4, 0.5) is 0 Å². The number of aromatic nitrogens is 10. The van der Waals surface area contributed by atoms with Crippen LogP contribution in [0.25, 0.3) is 66.4 Å². The fraction of sp³-hybridized carbons (Fsp3) is 0. The van der Waals surface area contributed by atoms with Gasteiger partial charge in [-0.3, -0.25) is 0 Å². The Hall–Kier alpha value is -5.30. The molecular weight excluding hydrogens is 963 g/mol. The smallest absolute Gasteiger partial charge is 0.241 e. The minimum atomic E-state index is 0. The van der Waals surface area contributed by atoms with Gasteiger partial charge in [-0.2, -0.15) is 0 Å². The molecule has 2 N–H and O–H groups in total. The number of benzene rings is 4. The first-order chi connectivity index (χ1) is 22.8. The van der Waals surface area contributed by atoms with Crippen molar-refractivity contribution in [1.29, 1.82) is 0 Å². The molecule has 0 fully saturated rings. The fourth-order valence-electron chi connectivity index (χ4n) is 5.98. The quantitative estimate of drug-likeness (QED) is 0.240. The van der Waals surface area contributed by atoms with Gasteiger partial charge in [-0.15, -0.1) is 22.1 Å². The van der Waals surface area contributed by atoms with E-state index >= 15 is 0 Å². The van der Waals surface area contributed by atoms with Crippen molar-refractivity contribution in [3.8, 4) is 22.7 Å². The van der Waals surface area contributed by atoms with E-state index in [1.54, 1.807) is 12.4 Å². The van der Waals surface area contributed by atoms with Gasteiger partial charge in [0, 0.05) is 90.9 Å². The molecule has 6 aromatic heterocycles. The van der Waals surface area contributed by atoms with Crippen molar-refractivity contribution in [2.75, 3.05) is 0 Å². The summed E-state index contributed by atoms with van der Waals surface area (Å²) in [4.78, 5) is 23.7.